The minimum atomic E-state index is -0.202. The first kappa shape index (κ1) is 15.1. The molecule has 0 aliphatic heterocycles. The number of halogens is 3. The molecule has 0 bridgehead atoms. The highest BCUT2D eigenvalue weighted by atomic mass is 79.9. The molecule has 2 aromatic heterocycles. The second kappa shape index (κ2) is 5.41. The number of hydrogen-bond acceptors (Lipinski definition) is 2. The molecule has 21 heavy (non-hydrogen) atoms. The Morgan fingerprint density at radius 3 is 2.62 bits per heavy atom. The van der Waals surface area contributed by atoms with E-state index in [9.17, 15) is 0 Å². The zero-order chi connectivity index (χ0) is 15.3. The molecule has 3 aromatic rings. The van der Waals surface area contributed by atoms with Gasteiger partial charge in [0.2, 0.25) is 0 Å². The third-order valence-electron chi connectivity index (χ3n) is 3.33. The van der Waals surface area contributed by atoms with E-state index in [1.807, 2.05) is 43.8 Å². The number of benzene rings is 1. The van der Waals surface area contributed by atoms with E-state index in [4.69, 9.17) is 11.6 Å². The lowest BCUT2D eigenvalue weighted by atomic mass is 10.3. The van der Waals surface area contributed by atoms with Gasteiger partial charge in [0.05, 0.1) is 16.8 Å². The molecule has 1 unspecified atom stereocenters. The number of aryl methyl sites for hydroxylation is 2. The number of nitrogens with zero attached hydrogens (tertiary/aromatic N) is 4. The summed E-state index contributed by atoms with van der Waals surface area (Å²) in [6.07, 6.45) is 0. The van der Waals surface area contributed by atoms with Gasteiger partial charge in [-0.15, -0.1) is 11.6 Å². The predicted octanol–water partition coefficient (Wildman–Crippen LogP) is 4.89. The summed E-state index contributed by atoms with van der Waals surface area (Å²) in [6.45, 7) is 3.88. The lowest BCUT2D eigenvalue weighted by Gasteiger charge is -2.13. The number of rotatable bonds is 2. The molecule has 3 rings (SSSR count). The highest BCUT2D eigenvalue weighted by Gasteiger charge is 2.22. The molecule has 0 aliphatic rings. The Hall–Kier alpha value is -0.850. The van der Waals surface area contributed by atoms with Gasteiger partial charge in [-0.25, -0.2) is 9.67 Å². The summed E-state index contributed by atoms with van der Waals surface area (Å²) in [6, 6.07) is 6.03. The summed E-state index contributed by atoms with van der Waals surface area (Å²) >= 11 is 13.4. The van der Waals surface area contributed by atoms with Crippen LogP contribution in [-0.4, -0.2) is 19.3 Å². The fraction of sp³-hybridized carbons (Fsp3) is 0.286. The molecule has 0 aliphatic carbocycles. The van der Waals surface area contributed by atoms with Crippen molar-refractivity contribution < 1.29 is 0 Å². The van der Waals surface area contributed by atoms with Gasteiger partial charge in [0.1, 0.15) is 11.3 Å². The summed E-state index contributed by atoms with van der Waals surface area (Å²) in [7, 11) is 1.92. The molecule has 2 heterocycles. The molecular formula is C14H13Br2ClN4. The summed E-state index contributed by atoms with van der Waals surface area (Å²) in [4.78, 5) is 4.69. The average molecular weight is 433 g/mol. The second-order valence-electron chi connectivity index (χ2n) is 4.90. The van der Waals surface area contributed by atoms with E-state index in [1.165, 1.54) is 0 Å². The van der Waals surface area contributed by atoms with Gasteiger partial charge in [0.15, 0.2) is 5.65 Å². The zero-order valence-electron chi connectivity index (χ0n) is 11.7. The van der Waals surface area contributed by atoms with Crippen LogP contribution in [0.1, 0.15) is 23.8 Å². The molecule has 7 heteroatoms. The third-order valence-corrected chi connectivity index (χ3v) is 4.66. The fourth-order valence-corrected chi connectivity index (χ4v) is 3.83. The van der Waals surface area contributed by atoms with Gasteiger partial charge in [0.25, 0.3) is 0 Å². The average Bonchev–Trinajstić information content (AvgIpc) is 2.90. The highest BCUT2D eigenvalue weighted by molar-refractivity contribution is 9.11. The lowest BCUT2D eigenvalue weighted by Crippen LogP contribution is -2.06. The number of alkyl halides is 1. The van der Waals surface area contributed by atoms with Gasteiger partial charge in [-0.1, -0.05) is 15.9 Å². The minimum Gasteiger partial charge on any atom is -0.279 e. The molecule has 0 fully saturated rings. The third kappa shape index (κ3) is 2.43. The Morgan fingerprint density at radius 2 is 2.00 bits per heavy atom. The lowest BCUT2D eigenvalue weighted by molar-refractivity contribution is 0.747. The summed E-state index contributed by atoms with van der Waals surface area (Å²) in [5.74, 6) is 0.811. The predicted molar refractivity (Wildman–Crippen MR) is 92.2 cm³/mol. The smallest absolute Gasteiger partial charge is 0.163 e. The first-order chi connectivity index (χ1) is 9.90. The van der Waals surface area contributed by atoms with Crippen LogP contribution in [0.2, 0.25) is 0 Å². The van der Waals surface area contributed by atoms with Crippen LogP contribution in [0.3, 0.4) is 0 Å². The Balaban J connectivity index is 2.41. The Kier molecular flexibility index (Phi) is 3.88. The van der Waals surface area contributed by atoms with Crippen molar-refractivity contribution in [1.29, 1.82) is 0 Å². The second-order valence-corrected chi connectivity index (χ2v) is 7.32. The quantitative estimate of drug-likeness (QED) is 0.541. The van der Waals surface area contributed by atoms with Crippen molar-refractivity contribution in [2.45, 2.75) is 19.2 Å². The SMILES string of the molecule is Cc1nn(C)c2c1nc(C(C)Cl)n2-c1ccc(Br)cc1Br. The Labute approximate surface area is 144 Å². The largest absolute Gasteiger partial charge is 0.279 e. The zero-order valence-corrected chi connectivity index (χ0v) is 15.7. The van der Waals surface area contributed by atoms with Crippen LogP contribution in [0, 0.1) is 6.92 Å². The molecule has 0 saturated carbocycles. The van der Waals surface area contributed by atoms with Crippen LogP contribution in [-0.2, 0) is 7.05 Å². The van der Waals surface area contributed by atoms with Crippen LogP contribution >= 0.6 is 43.5 Å². The van der Waals surface area contributed by atoms with Crippen molar-refractivity contribution in [3.8, 4) is 5.69 Å². The monoisotopic (exact) mass is 430 g/mol. The highest BCUT2D eigenvalue weighted by Crippen LogP contribution is 2.33. The number of fused-ring (bicyclic) bond motifs is 1. The fourth-order valence-electron chi connectivity index (χ4n) is 2.46. The van der Waals surface area contributed by atoms with Crippen LogP contribution in [0.5, 0.6) is 0 Å². The molecule has 1 aromatic carbocycles. The molecular weight excluding hydrogens is 419 g/mol. The first-order valence-corrected chi connectivity index (χ1v) is 8.44. The first-order valence-electron chi connectivity index (χ1n) is 6.41. The molecule has 1 atom stereocenters. The van der Waals surface area contributed by atoms with E-state index >= 15 is 0 Å². The summed E-state index contributed by atoms with van der Waals surface area (Å²) in [5, 5.41) is 4.25. The van der Waals surface area contributed by atoms with Crippen molar-refractivity contribution >= 4 is 54.6 Å². The molecule has 4 nitrogen and oxygen atoms in total. The molecule has 0 N–H and O–H groups in total. The minimum absolute atomic E-state index is 0.202. The van der Waals surface area contributed by atoms with Crippen LogP contribution in [0.25, 0.3) is 16.9 Å². The molecule has 0 spiro atoms. The Morgan fingerprint density at radius 1 is 1.29 bits per heavy atom. The van der Waals surface area contributed by atoms with Crippen LogP contribution in [0.15, 0.2) is 27.1 Å². The Bertz CT molecular complexity index is 835. The summed E-state index contributed by atoms with van der Waals surface area (Å²) in [5.41, 5.74) is 3.72. The van der Waals surface area contributed by atoms with Gasteiger partial charge in [-0.2, -0.15) is 5.10 Å². The summed E-state index contributed by atoms with van der Waals surface area (Å²) < 4.78 is 5.88. The van der Waals surface area contributed by atoms with Crippen LogP contribution in [0.4, 0.5) is 0 Å². The van der Waals surface area contributed by atoms with E-state index in [2.05, 4.69) is 46.5 Å². The molecule has 110 valence electrons. The van der Waals surface area contributed by atoms with E-state index in [1.54, 1.807) is 0 Å². The van der Waals surface area contributed by atoms with Crippen molar-refractivity contribution in [2.75, 3.05) is 0 Å². The normalized spacial score (nSPS) is 13.0. The van der Waals surface area contributed by atoms with Gasteiger partial charge in [-0.3, -0.25) is 4.57 Å². The van der Waals surface area contributed by atoms with Crippen LogP contribution < -0.4 is 0 Å². The van der Waals surface area contributed by atoms with Crippen molar-refractivity contribution in [2.24, 2.45) is 7.05 Å². The van der Waals surface area contributed by atoms with Crippen molar-refractivity contribution in [3.63, 3.8) is 0 Å². The number of aromatic nitrogens is 4. The maximum atomic E-state index is 6.34. The van der Waals surface area contributed by atoms with Crippen molar-refractivity contribution in [1.82, 2.24) is 19.3 Å². The van der Waals surface area contributed by atoms with Gasteiger partial charge >= 0.3 is 0 Å². The molecule has 0 amide bonds. The van der Waals surface area contributed by atoms with E-state index in [0.29, 0.717) is 0 Å². The van der Waals surface area contributed by atoms with E-state index in [0.717, 1.165) is 37.3 Å². The number of hydrogen-bond donors (Lipinski definition) is 0. The van der Waals surface area contributed by atoms with Gasteiger partial charge in [-0.05, 0) is 48.0 Å². The van der Waals surface area contributed by atoms with E-state index < -0.39 is 0 Å². The van der Waals surface area contributed by atoms with E-state index in [-0.39, 0.29) is 5.38 Å². The molecule has 0 saturated heterocycles. The van der Waals surface area contributed by atoms with Crippen molar-refractivity contribution in [3.05, 3.63) is 38.7 Å². The molecule has 0 radical (unpaired) electrons. The standard InChI is InChI=1S/C14H13Br2ClN4/c1-7(17)13-18-12-8(2)19-20(3)14(12)21(13)11-5-4-9(15)6-10(11)16/h4-7H,1-3H3. The topological polar surface area (TPSA) is 35.6 Å². The number of imidazole rings is 1. The maximum absolute atomic E-state index is 6.34. The van der Waals surface area contributed by atoms with Gasteiger partial charge < -0.3 is 0 Å². The van der Waals surface area contributed by atoms with Gasteiger partial charge in [0, 0.05) is 16.0 Å². The maximum Gasteiger partial charge on any atom is 0.163 e.